The van der Waals surface area contributed by atoms with E-state index in [-0.39, 0.29) is 0 Å². The van der Waals surface area contributed by atoms with Gasteiger partial charge in [0.25, 0.3) is 0 Å². The smallest absolute Gasteiger partial charge is 0.219 e. The molecule has 0 amide bonds. The lowest BCUT2D eigenvalue weighted by Gasteiger charge is -2.39. The molecule has 1 aliphatic heterocycles. The highest BCUT2D eigenvalue weighted by atomic mass is 16.5. The topological polar surface area (TPSA) is 70.4 Å². The molecule has 1 aliphatic carbocycles. The lowest BCUT2D eigenvalue weighted by Crippen LogP contribution is -2.51. The first kappa shape index (κ1) is 20.5. The Labute approximate surface area is 177 Å². The van der Waals surface area contributed by atoms with Crippen molar-refractivity contribution in [2.24, 2.45) is 5.16 Å². The fourth-order valence-electron chi connectivity index (χ4n) is 4.37. The minimum atomic E-state index is 0.461. The zero-order valence-corrected chi connectivity index (χ0v) is 17.5. The molecular formula is C23H30N4O3. The van der Waals surface area contributed by atoms with Gasteiger partial charge in [0.05, 0.1) is 6.61 Å². The predicted molar refractivity (Wildman–Crippen MR) is 116 cm³/mol. The van der Waals surface area contributed by atoms with Crippen LogP contribution >= 0.6 is 0 Å². The number of benzene rings is 1. The van der Waals surface area contributed by atoms with Crippen LogP contribution < -0.4 is 9.47 Å². The number of hydrogen-bond donors (Lipinski definition) is 1. The quantitative estimate of drug-likeness (QED) is 0.336. The van der Waals surface area contributed by atoms with Crippen LogP contribution in [0.2, 0.25) is 0 Å². The summed E-state index contributed by atoms with van der Waals surface area (Å²) in [6.07, 6.45) is 7.01. The van der Waals surface area contributed by atoms with Gasteiger partial charge < -0.3 is 19.6 Å². The summed E-state index contributed by atoms with van der Waals surface area (Å²) in [4.78, 5) is 9.03. The Kier molecular flexibility index (Phi) is 6.69. The zero-order chi connectivity index (χ0) is 20.8. The minimum Gasteiger partial charge on any atom is -0.494 e. The molecule has 0 unspecified atom stereocenters. The molecule has 4 rings (SSSR count). The molecule has 1 saturated carbocycles. The summed E-state index contributed by atoms with van der Waals surface area (Å²) in [6.45, 7) is 6.30. The first-order chi connectivity index (χ1) is 14.8. The fourth-order valence-corrected chi connectivity index (χ4v) is 4.37. The van der Waals surface area contributed by atoms with E-state index in [4.69, 9.17) is 9.47 Å². The van der Waals surface area contributed by atoms with Gasteiger partial charge in [-0.05, 0) is 50.1 Å². The number of rotatable bonds is 6. The van der Waals surface area contributed by atoms with Crippen molar-refractivity contribution >= 4 is 5.84 Å². The number of nitrogens with zero attached hydrogens (tertiary/aromatic N) is 4. The summed E-state index contributed by atoms with van der Waals surface area (Å²) in [5.41, 5.74) is 0.794. The van der Waals surface area contributed by atoms with Gasteiger partial charge >= 0.3 is 0 Å². The lowest BCUT2D eigenvalue weighted by molar-refractivity contribution is 0.132. The van der Waals surface area contributed by atoms with Gasteiger partial charge in [0.15, 0.2) is 5.84 Å². The van der Waals surface area contributed by atoms with Crippen LogP contribution in [0.4, 0.5) is 0 Å². The molecule has 1 N–H and O–H groups in total. The molecule has 1 aromatic carbocycles. The van der Waals surface area contributed by atoms with E-state index in [1.807, 2.05) is 43.3 Å². The third kappa shape index (κ3) is 4.84. The van der Waals surface area contributed by atoms with E-state index in [0.29, 0.717) is 24.1 Å². The second-order valence-electron chi connectivity index (χ2n) is 7.77. The number of amidine groups is 1. The number of oxime groups is 1. The lowest BCUT2D eigenvalue weighted by atomic mass is 10.1. The highest BCUT2D eigenvalue weighted by Gasteiger charge is 2.28. The summed E-state index contributed by atoms with van der Waals surface area (Å²) in [5.74, 6) is 2.51. The molecule has 2 heterocycles. The van der Waals surface area contributed by atoms with Gasteiger partial charge in [-0.15, -0.1) is 0 Å². The average Bonchev–Trinajstić information content (AvgIpc) is 3.32. The van der Waals surface area contributed by atoms with Crippen LogP contribution in [-0.4, -0.2) is 64.7 Å². The Morgan fingerprint density at radius 1 is 1.07 bits per heavy atom. The standard InChI is InChI=1S/C23H30N4O3/c1-2-29-20-7-9-21(10-8-20)30-22-17-18(11-12-24-22)23(25-28)27-15-13-26(14-16-27)19-5-3-4-6-19/h7-12,17,19,28H,2-6,13-16H2,1H3/b25-23-. The Hall–Kier alpha value is -2.80. The van der Waals surface area contributed by atoms with E-state index in [2.05, 4.69) is 19.9 Å². The second-order valence-corrected chi connectivity index (χ2v) is 7.77. The van der Waals surface area contributed by atoms with E-state index in [0.717, 1.165) is 43.5 Å². The molecule has 0 spiro atoms. The number of piperazine rings is 1. The summed E-state index contributed by atoms with van der Waals surface area (Å²) < 4.78 is 11.3. The van der Waals surface area contributed by atoms with Crippen LogP contribution in [0.15, 0.2) is 47.8 Å². The maximum absolute atomic E-state index is 9.73. The molecule has 2 aliphatic rings. The van der Waals surface area contributed by atoms with Crippen molar-refractivity contribution in [3.05, 3.63) is 48.2 Å². The van der Waals surface area contributed by atoms with Gasteiger partial charge in [0.1, 0.15) is 11.5 Å². The number of pyridine rings is 1. The molecule has 2 aromatic rings. The molecule has 0 bridgehead atoms. The van der Waals surface area contributed by atoms with Gasteiger partial charge in [-0.3, -0.25) is 4.90 Å². The highest BCUT2D eigenvalue weighted by Crippen LogP contribution is 2.26. The molecule has 30 heavy (non-hydrogen) atoms. The Balaban J connectivity index is 1.40. The predicted octanol–water partition coefficient (Wildman–Crippen LogP) is 3.97. The van der Waals surface area contributed by atoms with Crippen LogP contribution in [0, 0.1) is 0 Å². The van der Waals surface area contributed by atoms with Crippen LogP contribution in [0.5, 0.6) is 17.4 Å². The largest absolute Gasteiger partial charge is 0.494 e. The van der Waals surface area contributed by atoms with Crippen LogP contribution in [0.3, 0.4) is 0 Å². The first-order valence-electron chi connectivity index (χ1n) is 10.8. The average molecular weight is 411 g/mol. The molecule has 2 fully saturated rings. The minimum absolute atomic E-state index is 0.461. The summed E-state index contributed by atoms with van der Waals surface area (Å²) in [5, 5.41) is 13.3. The third-order valence-electron chi connectivity index (χ3n) is 5.90. The van der Waals surface area contributed by atoms with E-state index in [1.165, 1.54) is 25.7 Å². The van der Waals surface area contributed by atoms with Crippen molar-refractivity contribution in [1.29, 1.82) is 0 Å². The van der Waals surface area contributed by atoms with Crippen molar-refractivity contribution in [2.45, 2.75) is 38.6 Å². The monoisotopic (exact) mass is 410 g/mol. The van der Waals surface area contributed by atoms with Crippen LogP contribution in [-0.2, 0) is 0 Å². The van der Waals surface area contributed by atoms with E-state index in [1.54, 1.807) is 6.20 Å². The molecule has 0 atom stereocenters. The Morgan fingerprint density at radius 3 is 2.43 bits per heavy atom. The zero-order valence-electron chi connectivity index (χ0n) is 17.5. The van der Waals surface area contributed by atoms with Crippen molar-refractivity contribution in [1.82, 2.24) is 14.8 Å². The molecule has 7 heteroatoms. The van der Waals surface area contributed by atoms with Crippen molar-refractivity contribution in [3.63, 3.8) is 0 Å². The van der Waals surface area contributed by atoms with Gasteiger partial charge in [-0.25, -0.2) is 4.98 Å². The first-order valence-corrected chi connectivity index (χ1v) is 10.8. The van der Waals surface area contributed by atoms with Gasteiger partial charge in [0, 0.05) is 50.0 Å². The molecule has 1 saturated heterocycles. The Bertz CT molecular complexity index is 842. The molecule has 1 aromatic heterocycles. The SMILES string of the molecule is CCOc1ccc(Oc2cc(/C(=N/O)N3CCN(C4CCCC4)CC3)ccn2)cc1. The van der Waals surface area contributed by atoms with Crippen LogP contribution in [0.1, 0.15) is 38.2 Å². The van der Waals surface area contributed by atoms with Crippen LogP contribution in [0.25, 0.3) is 0 Å². The van der Waals surface area contributed by atoms with Gasteiger partial charge in [-0.1, -0.05) is 18.0 Å². The van der Waals surface area contributed by atoms with E-state index < -0.39 is 0 Å². The molecule has 7 nitrogen and oxygen atoms in total. The highest BCUT2D eigenvalue weighted by molar-refractivity contribution is 5.98. The van der Waals surface area contributed by atoms with E-state index >= 15 is 0 Å². The summed E-state index contributed by atoms with van der Waals surface area (Å²) in [6, 6.07) is 11.8. The van der Waals surface area contributed by atoms with Crippen molar-refractivity contribution < 1.29 is 14.7 Å². The van der Waals surface area contributed by atoms with Gasteiger partial charge in [0.2, 0.25) is 5.88 Å². The maximum Gasteiger partial charge on any atom is 0.219 e. The molecule has 0 radical (unpaired) electrons. The number of aromatic nitrogens is 1. The third-order valence-corrected chi connectivity index (χ3v) is 5.90. The van der Waals surface area contributed by atoms with E-state index in [9.17, 15) is 5.21 Å². The second kappa shape index (κ2) is 9.80. The normalized spacial score (nSPS) is 18.6. The Morgan fingerprint density at radius 2 is 1.77 bits per heavy atom. The van der Waals surface area contributed by atoms with Crippen molar-refractivity contribution in [3.8, 4) is 17.4 Å². The maximum atomic E-state index is 9.73. The number of hydrogen-bond acceptors (Lipinski definition) is 6. The molecular weight excluding hydrogens is 380 g/mol. The number of ether oxygens (including phenoxy) is 2. The van der Waals surface area contributed by atoms with Crippen molar-refractivity contribution in [2.75, 3.05) is 32.8 Å². The summed E-state index contributed by atoms with van der Waals surface area (Å²) >= 11 is 0. The molecule has 160 valence electrons. The van der Waals surface area contributed by atoms with Gasteiger partial charge in [-0.2, -0.15) is 0 Å². The summed E-state index contributed by atoms with van der Waals surface area (Å²) in [7, 11) is 0. The fraction of sp³-hybridized carbons (Fsp3) is 0.478.